The van der Waals surface area contributed by atoms with Gasteiger partial charge in [0.2, 0.25) is 5.75 Å². The van der Waals surface area contributed by atoms with Crippen LogP contribution in [-0.2, 0) is 0 Å². The average Bonchev–Trinajstić information content (AvgIpc) is 2.83. The Labute approximate surface area is 186 Å². The second-order valence-electron chi connectivity index (χ2n) is 6.75. The minimum atomic E-state index is 0.531. The third kappa shape index (κ3) is 4.32. The molecule has 5 nitrogen and oxygen atoms in total. The van der Waals surface area contributed by atoms with Crippen molar-refractivity contribution in [2.75, 3.05) is 21.3 Å². The summed E-state index contributed by atoms with van der Waals surface area (Å²) in [5.41, 5.74) is 4.21. The number of hydrogen-bond donors (Lipinski definition) is 0. The van der Waals surface area contributed by atoms with Gasteiger partial charge >= 0.3 is 0 Å². The summed E-state index contributed by atoms with van der Waals surface area (Å²) in [6.07, 6.45) is 0. The minimum Gasteiger partial charge on any atom is -0.493 e. The summed E-state index contributed by atoms with van der Waals surface area (Å²) in [7, 11) is 4.77. The van der Waals surface area contributed by atoms with Crippen molar-refractivity contribution in [3.8, 4) is 51.2 Å². The van der Waals surface area contributed by atoms with Gasteiger partial charge in [-0.25, -0.2) is 9.97 Å². The van der Waals surface area contributed by atoms with E-state index >= 15 is 0 Å². The second kappa shape index (κ2) is 9.06. The monoisotopic (exact) mass is 432 g/mol. The van der Waals surface area contributed by atoms with Crippen LogP contribution < -0.4 is 14.2 Å². The van der Waals surface area contributed by atoms with E-state index in [1.54, 1.807) is 21.3 Å². The molecule has 0 N–H and O–H groups in total. The molecule has 4 rings (SSSR count). The molecule has 31 heavy (non-hydrogen) atoms. The smallest absolute Gasteiger partial charge is 0.203 e. The van der Waals surface area contributed by atoms with Crippen LogP contribution in [0.15, 0.2) is 72.8 Å². The summed E-state index contributed by atoms with van der Waals surface area (Å²) in [6.45, 7) is 0. The number of ether oxygens (including phenoxy) is 3. The van der Waals surface area contributed by atoms with Gasteiger partial charge in [-0.1, -0.05) is 54.1 Å². The van der Waals surface area contributed by atoms with Crippen LogP contribution in [0.2, 0.25) is 5.02 Å². The first-order chi connectivity index (χ1) is 15.1. The van der Waals surface area contributed by atoms with E-state index in [1.807, 2.05) is 72.8 Å². The molecule has 0 saturated heterocycles. The molecule has 0 amide bonds. The fourth-order valence-corrected chi connectivity index (χ4v) is 3.43. The molecule has 0 bridgehead atoms. The first-order valence-electron chi connectivity index (χ1n) is 9.63. The lowest BCUT2D eigenvalue weighted by Crippen LogP contribution is -1.98. The van der Waals surface area contributed by atoms with Gasteiger partial charge in [-0.2, -0.15) is 0 Å². The van der Waals surface area contributed by atoms with Gasteiger partial charge in [0.1, 0.15) is 0 Å². The van der Waals surface area contributed by atoms with Gasteiger partial charge in [-0.3, -0.25) is 0 Å². The Hall–Kier alpha value is -3.57. The molecule has 6 heteroatoms. The standard InChI is InChI=1S/C25H21ClN2O3/c1-29-22-13-18(14-23(30-2)24(22)31-3)21-15-20(16-9-11-19(26)12-10-16)27-25(28-21)17-7-5-4-6-8-17/h4-15H,1-3H3. The Bertz CT molecular complexity index is 1170. The number of halogens is 1. The minimum absolute atomic E-state index is 0.531. The molecule has 0 aliphatic heterocycles. The van der Waals surface area contributed by atoms with Crippen LogP contribution in [0.4, 0.5) is 0 Å². The third-order valence-corrected chi connectivity index (χ3v) is 5.11. The molecule has 1 heterocycles. The summed E-state index contributed by atoms with van der Waals surface area (Å²) in [5, 5.41) is 0.672. The maximum Gasteiger partial charge on any atom is 0.203 e. The van der Waals surface area contributed by atoms with Crippen molar-refractivity contribution in [3.63, 3.8) is 0 Å². The zero-order chi connectivity index (χ0) is 21.8. The predicted molar refractivity (Wildman–Crippen MR) is 123 cm³/mol. The molecule has 3 aromatic carbocycles. The summed E-state index contributed by atoms with van der Waals surface area (Å²) in [6, 6.07) is 23.1. The number of nitrogens with zero attached hydrogens (tertiary/aromatic N) is 2. The van der Waals surface area contributed by atoms with Gasteiger partial charge in [0, 0.05) is 21.7 Å². The highest BCUT2D eigenvalue weighted by molar-refractivity contribution is 6.30. The summed E-state index contributed by atoms with van der Waals surface area (Å²) in [5.74, 6) is 2.27. The molecule has 0 aliphatic rings. The summed E-state index contributed by atoms with van der Waals surface area (Å²) in [4.78, 5) is 9.64. The Balaban J connectivity index is 1.93. The predicted octanol–water partition coefficient (Wildman–Crippen LogP) is 6.16. The Morgan fingerprint density at radius 2 is 1.19 bits per heavy atom. The number of benzene rings is 3. The van der Waals surface area contributed by atoms with Crippen molar-refractivity contribution in [1.82, 2.24) is 9.97 Å². The van der Waals surface area contributed by atoms with E-state index in [4.69, 9.17) is 35.8 Å². The fraction of sp³-hybridized carbons (Fsp3) is 0.120. The molecule has 0 aliphatic carbocycles. The summed E-state index contributed by atoms with van der Waals surface area (Å²) < 4.78 is 16.5. The number of methoxy groups -OCH3 is 3. The van der Waals surface area contributed by atoms with Crippen molar-refractivity contribution < 1.29 is 14.2 Å². The second-order valence-corrected chi connectivity index (χ2v) is 7.19. The van der Waals surface area contributed by atoms with E-state index < -0.39 is 0 Å². The van der Waals surface area contributed by atoms with Gasteiger partial charge in [-0.05, 0) is 30.3 Å². The van der Waals surface area contributed by atoms with Crippen molar-refractivity contribution >= 4 is 11.6 Å². The number of aromatic nitrogens is 2. The lowest BCUT2D eigenvalue weighted by molar-refractivity contribution is 0.324. The van der Waals surface area contributed by atoms with Crippen LogP contribution in [0.1, 0.15) is 0 Å². The zero-order valence-corrected chi connectivity index (χ0v) is 18.2. The molecule has 4 aromatic rings. The van der Waals surface area contributed by atoms with Crippen LogP contribution in [0, 0.1) is 0 Å². The zero-order valence-electron chi connectivity index (χ0n) is 17.4. The van der Waals surface area contributed by atoms with E-state index in [-0.39, 0.29) is 0 Å². The van der Waals surface area contributed by atoms with Crippen molar-refractivity contribution in [2.45, 2.75) is 0 Å². The topological polar surface area (TPSA) is 53.5 Å². The molecule has 0 radical (unpaired) electrons. The average molecular weight is 433 g/mol. The molecule has 1 aromatic heterocycles. The maximum absolute atomic E-state index is 6.08. The lowest BCUT2D eigenvalue weighted by atomic mass is 10.1. The first-order valence-corrected chi connectivity index (χ1v) is 10.0. The fourth-order valence-electron chi connectivity index (χ4n) is 3.31. The largest absolute Gasteiger partial charge is 0.493 e. The van der Waals surface area contributed by atoms with Crippen molar-refractivity contribution in [3.05, 3.63) is 77.8 Å². The van der Waals surface area contributed by atoms with Gasteiger partial charge < -0.3 is 14.2 Å². The van der Waals surface area contributed by atoms with Crippen LogP contribution >= 0.6 is 11.6 Å². The van der Waals surface area contributed by atoms with Crippen LogP contribution in [0.3, 0.4) is 0 Å². The van der Waals surface area contributed by atoms with Gasteiger partial charge in [0.25, 0.3) is 0 Å². The van der Waals surface area contributed by atoms with Crippen molar-refractivity contribution in [2.24, 2.45) is 0 Å². The van der Waals surface area contributed by atoms with Crippen LogP contribution in [0.25, 0.3) is 33.9 Å². The molecule has 156 valence electrons. The lowest BCUT2D eigenvalue weighted by Gasteiger charge is -2.15. The van der Waals surface area contributed by atoms with Gasteiger partial charge in [0.15, 0.2) is 17.3 Å². The summed E-state index contributed by atoms with van der Waals surface area (Å²) >= 11 is 6.08. The van der Waals surface area contributed by atoms with E-state index in [2.05, 4.69) is 0 Å². The highest BCUT2D eigenvalue weighted by Gasteiger charge is 2.17. The van der Waals surface area contributed by atoms with Crippen molar-refractivity contribution in [1.29, 1.82) is 0 Å². The molecular formula is C25H21ClN2O3. The number of rotatable bonds is 6. The molecule has 0 saturated carbocycles. The number of hydrogen-bond acceptors (Lipinski definition) is 5. The van der Waals surface area contributed by atoms with Crippen LogP contribution in [0.5, 0.6) is 17.2 Å². The van der Waals surface area contributed by atoms with E-state index in [1.165, 1.54) is 0 Å². The van der Waals surface area contributed by atoms with E-state index in [0.29, 0.717) is 28.1 Å². The third-order valence-electron chi connectivity index (χ3n) is 4.86. The molecule has 0 atom stereocenters. The van der Waals surface area contributed by atoms with Gasteiger partial charge in [-0.15, -0.1) is 0 Å². The quantitative estimate of drug-likeness (QED) is 0.365. The molecule has 0 spiro atoms. The Kier molecular flexibility index (Phi) is 6.05. The van der Waals surface area contributed by atoms with E-state index in [0.717, 1.165) is 28.1 Å². The maximum atomic E-state index is 6.08. The normalized spacial score (nSPS) is 10.6. The van der Waals surface area contributed by atoms with Gasteiger partial charge in [0.05, 0.1) is 32.7 Å². The van der Waals surface area contributed by atoms with Crippen LogP contribution in [-0.4, -0.2) is 31.3 Å². The highest BCUT2D eigenvalue weighted by Crippen LogP contribution is 2.41. The first kappa shape index (κ1) is 20.7. The SMILES string of the molecule is COc1cc(-c2cc(-c3ccc(Cl)cc3)nc(-c3ccccc3)n2)cc(OC)c1OC. The Morgan fingerprint density at radius 1 is 0.613 bits per heavy atom. The molecular weight excluding hydrogens is 412 g/mol. The Morgan fingerprint density at radius 3 is 1.74 bits per heavy atom. The van der Waals surface area contributed by atoms with E-state index in [9.17, 15) is 0 Å². The molecule has 0 fully saturated rings. The highest BCUT2D eigenvalue weighted by atomic mass is 35.5. The molecule has 0 unspecified atom stereocenters.